The van der Waals surface area contributed by atoms with Crippen LogP contribution in [0.5, 0.6) is 0 Å². The van der Waals surface area contributed by atoms with Crippen molar-refractivity contribution in [1.82, 2.24) is 9.88 Å². The highest BCUT2D eigenvalue weighted by atomic mass is 32.1. The fourth-order valence-electron chi connectivity index (χ4n) is 2.82. The van der Waals surface area contributed by atoms with Crippen molar-refractivity contribution in [1.29, 1.82) is 0 Å². The molecular formula is C17H23N3OS. The van der Waals surface area contributed by atoms with Crippen LogP contribution in [0.25, 0.3) is 0 Å². The van der Waals surface area contributed by atoms with E-state index < -0.39 is 0 Å². The Labute approximate surface area is 135 Å². The van der Waals surface area contributed by atoms with Gasteiger partial charge in [0.05, 0.1) is 23.9 Å². The number of hydrogen-bond acceptors (Lipinski definition) is 5. The summed E-state index contributed by atoms with van der Waals surface area (Å²) in [6.45, 7) is 5.77. The molecule has 2 N–H and O–H groups in total. The minimum Gasteiger partial charge on any atom is -0.393 e. The number of rotatable bonds is 5. The van der Waals surface area contributed by atoms with Gasteiger partial charge in [-0.2, -0.15) is 0 Å². The predicted octanol–water partition coefficient (Wildman–Crippen LogP) is 3.02. The molecule has 22 heavy (non-hydrogen) atoms. The maximum Gasteiger partial charge on any atom is 0.0798 e. The highest BCUT2D eigenvalue weighted by Gasteiger charge is 2.17. The molecule has 0 amide bonds. The molecule has 118 valence electrons. The Balaban J connectivity index is 1.63. The van der Waals surface area contributed by atoms with Crippen LogP contribution in [0, 0.1) is 6.92 Å². The zero-order valence-electron chi connectivity index (χ0n) is 13.0. The van der Waals surface area contributed by atoms with Crippen molar-refractivity contribution >= 4 is 17.0 Å². The van der Waals surface area contributed by atoms with Crippen LogP contribution in [0.3, 0.4) is 0 Å². The van der Waals surface area contributed by atoms with E-state index in [1.165, 1.54) is 16.1 Å². The monoisotopic (exact) mass is 317 g/mol. The number of anilines is 1. The third-order valence-electron chi connectivity index (χ3n) is 4.25. The summed E-state index contributed by atoms with van der Waals surface area (Å²) in [4.78, 5) is 8.01. The summed E-state index contributed by atoms with van der Waals surface area (Å²) < 4.78 is 0. The summed E-state index contributed by atoms with van der Waals surface area (Å²) in [7, 11) is 0. The van der Waals surface area contributed by atoms with Crippen molar-refractivity contribution in [2.24, 2.45) is 0 Å². The molecule has 0 saturated carbocycles. The van der Waals surface area contributed by atoms with Gasteiger partial charge in [-0.25, -0.2) is 4.98 Å². The second kappa shape index (κ2) is 7.22. The summed E-state index contributed by atoms with van der Waals surface area (Å²) in [6.07, 6.45) is 1.66. The van der Waals surface area contributed by atoms with E-state index in [0.29, 0.717) is 0 Å². The fourth-order valence-corrected chi connectivity index (χ4v) is 3.54. The van der Waals surface area contributed by atoms with Gasteiger partial charge in [0.2, 0.25) is 0 Å². The van der Waals surface area contributed by atoms with Gasteiger partial charge in [-0.05, 0) is 31.4 Å². The third kappa shape index (κ3) is 3.85. The van der Waals surface area contributed by atoms with Crippen LogP contribution in [-0.4, -0.2) is 34.2 Å². The van der Waals surface area contributed by atoms with E-state index in [9.17, 15) is 5.11 Å². The van der Waals surface area contributed by atoms with Gasteiger partial charge in [-0.15, -0.1) is 11.3 Å². The molecule has 1 saturated heterocycles. The van der Waals surface area contributed by atoms with E-state index >= 15 is 0 Å². The fraction of sp³-hybridized carbons (Fsp3) is 0.471. The average Bonchev–Trinajstić information content (AvgIpc) is 2.94. The van der Waals surface area contributed by atoms with Gasteiger partial charge in [0.15, 0.2) is 0 Å². The number of aliphatic hydroxyl groups excluding tert-OH is 1. The molecule has 0 unspecified atom stereocenters. The molecule has 1 aromatic heterocycles. The first-order chi connectivity index (χ1) is 10.7. The summed E-state index contributed by atoms with van der Waals surface area (Å²) in [5.41, 5.74) is 5.53. The molecule has 0 atom stereocenters. The van der Waals surface area contributed by atoms with Gasteiger partial charge in [-0.3, -0.25) is 4.90 Å². The molecule has 2 aromatic rings. The van der Waals surface area contributed by atoms with Crippen molar-refractivity contribution in [3.63, 3.8) is 0 Å². The second-order valence-electron chi connectivity index (χ2n) is 5.88. The molecule has 0 bridgehead atoms. The lowest BCUT2D eigenvalue weighted by atomic mass is 10.1. The zero-order chi connectivity index (χ0) is 15.4. The molecule has 5 heteroatoms. The Kier molecular flexibility index (Phi) is 5.08. The zero-order valence-corrected chi connectivity index (χ0v) is 13.8. The maximum atomic E-state index is 9.62. The SMILES string of the molecule is Cc1ncsc1CNc1ccccc1CN1CCC(O)CC1. The number of benzene rings is 1. The highest BCUT2D eigenvalue weighted by Crippen LogP contribution is 2.22. The minimum absolute atomic E-state index is 0.112. The van der Waals surface area contributed by atoms with E-state index in [-0.39, 0.29) is 6.10 Å². The number of para-hydroxylation sites is 1. The number of hydrogen-bond donors (Lipinski definition) is 2. The number of nitrogens with one attached hydrogen (secondary N) is 1. The molecule has 1 fully saturated rings. The van der Waals surface area contributed by atoms with Crippen LogP contribution < -0.4 is 5.32 Å². The number of nitrogens with zero attached hydrogens (tertiary/aromatic N) is 2. The topological polar surface area (TPSA) is 48.4 Å². The van der Waals surface area contributed by atoms with E-state index in [1.807, 2.05) is 5.51 Å². The molecule has 1 aromatic carbocycles. The van der Waals surface area contributed by atoms with Crippen LogP contribution in [0.1, 0.15) is 29.0 Å². The maximum absolute atomic E-state index is 9.62. The van der Waals surface area contributed by atoms with Gasteiger partial charge in [0, 0.05) is 30.2 Å². The van der Waals surface area contributed by atoms with Crippen molar-refractivity contribution in [2.45, 2.75) is 39.0 Å². The van der Waals surface area contributed by atoms with Gasteiger partial charge in [0.1, 0.15) is 0 Å². The Morgan fingerprint density at radius 3 is 2.82 bits per heavy atom. The smallest absolute Gasteiger partial charge is 0.0798 e. The summed E-state index contributed by atoms with van der Waals surface area (Å²) in [6, 6.07) is 8.50. The molecule has 0 radical (unpaired) electrons. The minimum atomic E-state index is -0.112. The molecule has 3 rings (SSSR count). The molecular weight excluding hydrogens is 294 g/mol. The number of aryl methyl sites for hydroxylation is 1. The number of thiazole rings is 1. The molecule has 1 aliphatic heterocycles. The average molecular weight is 317 g/mol. The van der Waals surface area contributed by atoms with E-state index in [2.05, 4.69) is 46.4 Å². The van der Waals surface area contributed by atoms with Crippen LogP contribution in [0.15, 0.2) is 29.8 Å². The molecule has 4 nitrogen and oxygen atoms in total. The lowest BCUT2D eigenvalue weighted by Gasteiger charge is -2.30. The van der Waals surface area contributed by atoms with Crippen LogP contribution in [-0.2, 0) is 13.1 Å². The largest absolute Gasteiger partial charge is 0.393 e. The molecule has 0 aliphatic carbocycles. The number of piperidine rings is 1. The first-order valence-corrected chi connectivity index (χ1v) is 8.71. The van der Waals surface area contributed by atoms with Crippen molar-refractivity contribution in [3.05, 3.63) is 45.9 Å². The van der Waals surface area contributed by atoms with E-state index in [4.69, 9.17) is 0 Å². The first-order valence-electron chi connectivity index (χ1n) is 7.83. The van der Waals surface area contributed by atoms with Crippen molar-refractivity contribution in [2.75, 3.05) is 18.4 Å². The van der Waals surface area contributed by atoms with Crippen molar-refractivity contribution < 1.29 is 5.11 Å². The molecule has 2 heterocycles. The highest BCUT2D eigenvalue weighted by molar-refractivity contribution is 7.09. The Morgan fingerprint density at radius 2 is 2.09 bits per heavy atom. The van der Waals surface area contributed by atoms with E-state index in [0.717, 1.165) is 44.7 Å². The standard InChI is InChI=1S/C17H23N3OS/c1-13-17(22-12-19-13)10-18-16-5-3-2-4-14(16)11-20-8-6-15(21)7-9-20/h2-5,12,15,18,21H,6-11H2,1H3. The summed E-state index contributed by atoms with van der Waals surface area (Å²) in [5.74, 6) is 0. The number of likely N-dealkylation sites (tertiary alicyclic amines) is 1. The first kappa shape index (κ1) is 15.5. The van der Waals surface area contributed by atoms with Crippen LogP contribution in [0.4, 0.5) is 5.69 Å². The van der Waals surface area contributed by atoms with Gasteiger partial charge in [0.25, 0.3) is 0 Å². The van der Waals surface area contributed by atoms with Gasteiger partial charge >= 0.3 is 0 Å². The summed E-state index contributed by atoms with van der Waals surface area (Å²) >= 11 is 1.70. The van der Waals surface area contributed by atoms with E-state index in [1.54, 1.807) is 11.3 Å². The quantitative estimate of drug-likeness (QED) is 0.890. The molecule has 0 spiro atoms. The van der Waals surface area contributed by atoms with Crippen LogP contribution >= 0.6 is 11.3 Å². The predicted molar refractivity (Wildman–Crippen MR) is 91.1 cm³/mol. The van der Waals surface area contributed by atoms with Crippen LogP contribution in [0.2, 0.25) is 0 Å². The second-order valence-corrected chi connectivity index (χ2v) is 6.82. The Hall–Kier alpha value is -1.43. The normalized spacial score (nSPS) is 16.8. The lowest BCUT2D eigenvalue weighted by molar-refractivity contribution is 0.0793. The third-order valence-corrected chi connectivity index (χ3v) is 5.19. The van der Waals surface area contributed by atoms with Gasteiger partial charge < -0.3 is 10.4 Å². The molecule has 1 aliphatic rings. The Morgan fingerprint density at radius 1 is 1.32 bits per heavy atom. The number of aliphatic hydroxyl groups is 1. The van der Waals surface area contributed by atoms with Crippen molar-refractivity contribution in [3.8, 4) is 0 Å². The lowest BCUT2D eigenvalue weighted by Crippen LogP contribution is -2.35. The number of aromatic nitrogens is 1. The van der Waals surface area contributed by atoms with Gasteiger partial charge in [-0.1, -0.05) is 18.2 Å². The summed E-state index contributed by atoms with van der Waals surface area (Å²) in [5, 5.41) is 13.2. The Bertz CT molecular complexity index is 605.